The third-order valence-electron chi connectivity index (χ3n) is 3.65. The molecular weight excluding hydrogens is 240 g/mol. The molecule has 0 amide bonds. The first-order valence-electron chi connectivity index (χ1n) is 6.98. The second-order valence-electron chi connectivity index (χ2n) is 5.00. The van der Waals surface area contributed by atoms with Crippen LogP contribution in [0.5, 0.6) is 0 Å². The van der Waals surface area contributed by atoms with E-state index in [0.717, 1.165) is 12.4 Å². The molecule has 1 saturated heterocycles. The molecule has 1 aliphatic heterocycles. The highest BCUT2D eigenvalue weighted by molar-refractivity contribution is 5.95. The lowest BCUT2D eigenvalue weighted by atomic mass is 9.98. The van der Waals surface area contributed by atoms with Gasteiger partial charge in [-0.2, -0.15) is 0 Å². The van der Waals surface area contributed by atoms with Crippen LogP contribution in [0.1, 0.15) is 44.7 Å². The highest BCUT2D eigenvalue weighted by Crippen LogP contribution is 2.25. The Morgan fingerprint density at radius 2 is 2.37 bits per heavy atom. The van der Waals surface area contributed by atoms with Gasteiger partial charge in [-0.25, -0.2) is 4.98 Å². The molecule has 1 aromatic rings. The van der Waals surface area contributed by atoms with E-state index in [0.29, 0.717) is 11.7 Å². The van der Waals surface area contributed by atoms with Crippen LogP contribution < -0.4 is 10.6 Å². The Balaban J connectivity index is 2.23. The zero-order valence-corrected chi connectivity index (χ0v) is 11.4. The molecule has 0 spiro atoms. The van der Waals surface area contributed by atoms with Crippen molar-refractivity contribution in [2.24, 2.45) is 10.9 Å². The third kappa shape index (κ3) is 3.16. The number of rotatable bonds is 4. The molecule has 1 unspecified atom stereocenters. The highest BCUT2D eigenvalue weighted by Gasteiger charge is 2.23. The summed E-state index contributed by atoms with van der Waals surface area (Å²) in [5.41, 5.74) is 6.13. The van der Waals surface area contributed by atoms with Crippen molar-refractivity contribution in [2.45, 2.75) is 45.1 Å². The van der Waals surface area contributed by atoms with Crippen LogP contribution in [-0.4, -0.2) is 28.6 Å². The predicted octanol–water partition coefficient (Wildman–Crippen LogP) is 2.34. The largest absolute Gasteiger partial charge is 0.409 e. The van der Waals surface area contributed by atoms with Gasteiger partial charge < -0.3 is 15.8 Å². The van der Waals surface area contributed by atoms with E-state index in [-0.39, 0.29) is 5.84 Å². The Labute approximate surface area is 114 Å². The monoisotopic (exact) mass is 262 g/mol. The topological polar surface area (TPSA) is 74.7 Å². The lowest BCUT2D eigenvalue weighted by Gasteiger charge is -2.36. The standard InChI is InChI=1S/C14H22N4O/c1-2-6-11-7-3-4-10-18(11)13-9-5-8-12(16-13)14(15)17-19/h5,8-9,11,19H,2-4,6-7,10H2,1H3,(H2,15,17). The van der Waals surface area contributed by atoms with Crippen molar-refractivity contribution in [1.29, 1.82) is 0 Å². The van der Waals surface area contributed by atoms with Gasteiger partial charge in [0.2, 0.25) is 0 Å². The SMILES string of the molecule is CCCC1CCCCN1c1cccc(/C(N)=N/O)n1. The minimum Gasteiger partial charge on any atom is -0.409 e. The first-order chi connectivity index (χ1) is 9.26. The van der Waals surface area contributed by atoms with Crippen molar-refractivity contribution in [2.75, 3.05) is 11.4 Å². The molecule has 1 aliphatic rings. The maximum atomic E-state index is 8.74. The number of anilines is 1. The number of piperidine rings is 1. The summed E-state index contributed by atoms with van der Waals surface area (Å²) >= 11 is 0. The van der Waals surface area contributed by atoms with Crippen LogP contribution in [0.3, 0.4) is 0 Å². The first kappa shape index (κ1) is 13.6. The fraction of sp³-hybridized carbons (Fsp3) is 0.571. The highest BCUT2D eigenvalue weighted by atomic mass is 16.4. The summed E-state index contributed by atoms with van der Waals surface area (Å²) in [5.74, 6) is 0.994. The molecule has 0 aromatic carbocycles. The maximum Gasteiger partial charge on any atom is 0.188 e. The van der Waals surface area contributed by atoms with Crippen molar-refractivity contribution in [3.05, 3.63) is 23.9 Å². The molecule has 19 heavy (non-hydrogen) atoms. The van der Waals surface area contributed by atoms with Gasteiger partial charge >= 0.3 is 0 Å². The molecule has 0 bridgehead atoms. The molecule has 5 heteroatoms. The maximum absolute atomic E-state index is 8.74. The second-order valence-corrected chi connectivity index (χ2v) is 5.00. The van der Waals surface area contributed by atoms with Gasteiger partial charge in [-0.15, -0.1) is 0 Å². The van der Waals surface area contributed by atoms with E-state index in [1.807, 2.05) is 12.1 Å². The average Bonchev–Trinajstić information content (AvgIpc) is 2.47. The summed E-state index contributed by atoms with van der Waals surface area (Å²) in [6, 6.07) is 6.24. The molecule has 1 aromatic heterocycles. The Morgan fingerprint density at radius 3 is 3.11 bits per heavy atom. The fourth-order valence-corrected chi connectivity index (χ4v) is 2.71. The lowest BCUT2D eigenvalue weighted by Crippen LogP contribution is -2.40. The summed E-state index contributed by atoms with van der Waals surface area (Å²) in [7, 11) is 0. The van der Waals surface area contributed by atoms with E-state index in [9.17, 15) is 0 Å². The number of oxime groups is 1. The number of nitrogens with zero attached hydrogens (tertiary/aromatic N) is 3. The molecule has 5 nitrogen and oxygen atoms in total. The van der Waals surface area contributed by atoms with Crippen molar-refractivity contribution >= 4 is 11.7 Å². The molecule has 1 atom stereocenters. The molecule has 0 saturated carbocycles. The number of aromatic nitrogens is 1. The van der Waals surface area contributed by atoms with Gasteiger partial charge in [-0.05, 0) is 37.8 Å². The number of pyridine rings is 1. The molecule has 3 N–H and O–H groups in total. The number of amidine groups is 1. The molecule has 2 rings (SSSR count). The van der Waals surface area contributed by atoms with E-state index in [1.165, 1.54) is 32.1 Å². The Bertz CT molecular complexity index is 445. The number of nitrogens with two attached hydrogens (primary N) is 1. The van der Waals surface area contributed by atoms with Gasteiger partial charge in [0.25, 0.3) is 0 Å². The minimum atomic E-state index is 0.0610. The number of hydrogen-bond acceptors (Lipinski definition) is 4. The van der Waals surface area contributed by atoms with Crippen LogP contribution in [0.25, 0.3) is 0 Å². The number of hydrogen-bond donors (Lipinski definition) is 2. The minimum absolute atomic E-state index is 0.0610. The van der Waals surface area contributed by atoms with E-state index in [4.69, 9.17) is 10.9 Å². The summed E-state index contributed by atoms with van der Waals surface area (Å²) in [5, 5.41) is 11.7. The van der Waals surface area contributed by atoms with Crippen LogP contribution in [0.2, 0.25) is 0 Å². The van der Waals surface area contributed by atoms with E-state index >= 15 is 0 Å². The normalized spacial score (nSPS) is 20.6. The van der Waals surface area contributed by atoms with Gasteiger partial charge in [0.1, 0.15) is 11.5 Å². The summed E-state index contributed by atoms with van der Waals surface area (Å²) in [6.45, 7) is 3.25. The Hall–Kier alpha value is -1.78. The van der Waals surface area contributed by atoms with E-state index in [1.54, 1.807) is 6.07 Å². The fourth-order valence-electron chi connectivity index (χ4n) is 2.71. The Morgan fingerprint density at radius 1 is 1.53 bits per heavy atom. The van der Waals surface area contributed by atoms with Crippen LogP contribution in [-0.2, 0) is 0 Å². The summed E-state index contributed by atoms with van der Waals surface area (Å²) < 4.78 is 0. The molecule has 1 fully saturated rings. The molecule has 104 valence electrons. The van der Waals surface area contributed by atoms with Crippen molar-refractivity contribution in [1.82, 2.24) is 4.98 Å². The average molecular weight is 262 g/mol. The van der Waals surface area contributed by atoms with Gasteiger partial charge in [-0.1, -0.05) is 24.6 Å². The van der Waals surface area contributed by atoms with Crippen molar-refractivity contribution in [3.8, 4) is 0 Å². The van der Waals surface area contributed by atoms with E-state index < -0.39 is 0 Å². The lowest BCUT2D eigenvalue weighted by molar-refractivity contribution is 0.318. The third-order valence-corrected chi connectivity index (χ3v) is 3.65. The smallest absolute Gasteiger partial charge is 0.188 e. The molecule has 2 heterocycles. The Kier molecular flexibility index (Phi) is 4.60. The van der Waals surface area contributed by atoms with Crippen molar-refractivity contribution < 1.29 is 5.21 Å². The zero-order chi connectivity index (χ0) is 13.7. The molecule has 0 radical (unpaired) electrons. The van der Waals surface area contributed by atoms with Gasteiger partial charge in [0.05, 0.1) is 0 Å². The predicted molar refractivity (Wildman–Crippen MR) is 76.6 cm³/mol. The second kappa shape index (κ2) is 6.41. The summed E-state index contributed by atoms with van der Waals surface area (Å²) in [6.07, 6.45) is 6.09. The van der Waals surface area contributed by atoms with Gasteiger partial charge in [-0.3, -0.25) is 0 Å². The summed E-state index contributed by atoms with van der Waals surface area (Å²) in [4.78, 5) is 6.87. The van der Waals surface area contributed by atoms with Crippen LogP contribution >= 0.6 is 0 Å². The van der Waals surface area contributed by atoms with Gasteiger partial charge in [0, 0.05) is 12.6 Å². The van der Waals surface area contributed by atoms with Crippen molar-refractivity contribution in [3.63, 3.8) is 0 Å². The quantitative estimate of drug-likeness (QED) is 0.378. The molecule has 0 aliphatic carbocycles. The molecular formula is C14H22N4O. The zero-order valence-electron chi connectivity index (χ0n) is 11.4. The first-order valence-corrected chi connectivity index (χ1v) is 6.98. The van der Waals surface area contributed by atoms with Gasteiger partial charge in [0.15, 0.2) is 5.84 Å². The van der Waals surface area contributed by atoms with Crippen LogP contribution in [0.15, 0.2) is 23.4 Å². The van der Waals surface area contributed by atoms with E-state index in [2.05, 4.69) is 22.0 Å². The van der Waals surface area contributed by atoms with Crippen LogP contribution in [0.4, 0.5) is 5.82 Å². The van der Waals surface area contributed by atoms with Crippen LogP contribution in [0, 0.1) is 0 Å².